The normalized spacial score (nSPS) is 10.2. The van der Waals surface area contributed by atoms with Crippen LogP contribution < -0.4 is 5.43 Å². The first-order valence-electron chi connectivity index (χ1n) is 8.66. The number of Topliss-reactive ketones (excluding diaryl/α,β-unsaturated/α-hetero) is 1. The lowest BCUT2D eigenvalue weighted by molar-refractivity contribution is 0.0591. The molecule has 8 nitrogen and oxygen atoms in total. The van der Waals surface area contributed by atoms with Gasteiger partial charge in [-0.1, -0.05) is 0 Å². The Morgan fingerprint density at radius 1 is 0.938 bits per heavy atom. The summed E-state index contributed by atoms with van der Waals surface area (Å²) in [5, 5.41) is 10.0. The van der Waals surface area contributed by atoms with Gasteiger partial charge in [0, 0.05) is 6.07 Å². The second-order valence-electron chi connectivity index (χ2n) is 6.18. The number of carbonyl (C=O) groups excluding carboxylic acids is 3. The van der Waals surface area contributed by atoms with Gasteiger partial charge in [-0.05, 0) is 63.0 Å². The van der Waals surface area contributed by atoms with E-state index in [0.717, 1.165) is 0 Å². The number of rotatable bonds is 3. The molecule has 168 valence electrons. The Balaban J connectivity index is 0.000000229. The Bertz CT molecular complexity index is 1280. The maximum absolute atomic E-state index is 11.7. The van der Waals surface area contributed by atoms with E-state index in [9.17, 15) is 24.3 Å². The van der Waals surface area contributed by atoms with Gasteiger partial charge in [0.25, 0.3) is 0 Å². The zero-order chi connectivity index (χ0) is 24.2. The maximum Gasteiger partial charge on any atom is 0.337 e. The van der Waals surface area contributed by atoms with E-state index in [1.165, 1.54) is 51.5 Å². The predicted molar refractivity (Wildman–Crippen MR) is 126 cm³/mol. The van der Waals surface area contributed by atoms with Crippen LogP contribution in [-0.4, -0.2) is 37.0 Å². The van der Waals surface area contributed by atoms with Crippen molar-refractivity contribution < 1.29 is 33.4 Å². The van der Waals surface area contributed by atoms with Crippen LogP contribution in [0, 0.1) is 0 Å². The molecule has 3 rings (SSSR count). The van der Waals surface area contributed by atoms with E-state index in [1.807, 2.05) is 0 Å². The Morgan fingerprint density at radius 3 is 2.00 bits per heavy atom. The smallest absolute Gasteiger partial charge is 0.337 e. The topological polar surface area (TPSA) is 120 Å². The number of aromatic hydroxyl groups is 1. The van der Waals surface area contributed by atoms with Gasteiger partial charge in [-0.25, -0.2) is 9.59 Å². The summed E-state index contributed by atoms with van der Waals surface area (Å²) < 4.78 is 15.2. The third-order valence-electron chi connectivity index (χ3n) is 4.06. The van der Waals surface area contributed by atoms with Gasteiger partial charge in [0.05, 0.1) is 45.2 Å². The van der Waals surface area contributed by atoms with Gasteiger partial charge in [0.1, 0.15) is 5.75 Å². The number of halogens is 2. The Hall–Kier alpha value is -2.63. The highest BCUT2D eigenvalue weighted by Gasteiger charge is 2.16. The minimum atomic E-state index is -0.557. The summed E-state index contributed by atoms with van der Waals surface area (Å²) >= 11 is 10.3. The minimum Gasteiger partial charge on any atom is -0.506 e. The van der Waals surface area contributed by atoms with Crippen LogP contribution in [-0.2, 0) is 9.47 Å². The van der Waals surface area contributed by atoms with E-state index in [0.29, 0.717) is 15.4 Å². The summed E-state index contributed by atoms with van der Waals surface area (Å²) in [7, 11) is 2.52. The molecule has 0 radical (unpaired) electrons. The predicted octanol–water partition coefficient (Wildman–Crippen LogP) is 4.77. The Kier molecular flexibility index (Phi) is 8.65. The van der Waals surface area contributed by atoms with Crippen LogP contribution >= 0.6 is 44.5 Å². The van der Waals surface area contributed by atoms with E-state index in [-0.39, 0.29) is 43.2 Å². The van der Waals surface area contributed by atoms with Crippen LogP contribution in [0.3, 0.4) is 0 Å². The molecule has 2 aromatic carbocycles. The molecule has 1 N–H and O–H groups in total. The summed E-state index contributed by atoms with van der Waals surface area (Å²) in [6.07, 6.45) is 0. The van der Waals surface area contributed by atoms with Crippen LogP contribution in [0.5, 0.6) is 5.75 Å². The fourth-order valence-corrected chi connectivity index (χ4v) is 3.75. The van der Waals surface area contributed by atoms with E-state index < -0.39 is 11.9 Å². The number of hydrogen-bond acceptors (Lipinski definition) is 9. The van der Waals surface area contributed by atoms with Crippen molar-refractivity contribution >= 4 is 73.2 Å². The van der Waals surface area contributed by atoms with Crippen LogP contribution in [0.1, 0.15) is 38.0 Å². The SMILES string of the molecule is COC(=O)c1cc(Br)c(O)c(C(C)=O)c1.COC(=O)c1cc(Br)c2oc(S)cc(=O)c2c1. The zero-order valence-electron chi connectivity index (χ0n) is 16.9. The van der Waals surface area contributed by atoms with E-state index in [2.05, 4.69) is 54.0 Å². The van der Waals surface area contributed by atoms with Gasteiger partial charge >= 0.3 is 11.9 Å². The number of benzene rings is 2. The third-order valence-corrected chi connectivity index (χ3v) is 5.47. The molecular formula is C21H16Br2O8S. The first-order valence-corrected chi connectivity index (χ1v) is 10.7. The van der Waals surface area contributed by atoms with Crippen molar-refractivity contribution in [1.29, 1.82) is 0 Å². The first-order chi connectivity index (χ1) is 15.0. The van der Waals surface area contributed by atoms with Gasteiger partial charge < -0.3 is 19.0 Å². The van der Waals surface area contributed by atoms with Crippen molar-refractivity contribution in [3.8, 4) is 5.75 Å². The molecule has 32 heavy (non-hydrogen) atoms. The number of ketones is 1. The highest BCUT2D eigenvalue weighted by atomic mass is 79.9. The van der Waals surface area contributed by atoms with E-state index in [1.54, 1.807) is 0 Å². The average molecular weight is 588 g/mol. The van der Waals surface area contributed by atoms with E-state index >= 15 is 0 Å². The van der Waals surface area contributed by atoms with Crippen LogP contribution in [0.25, 0.3) is 11.0 Å². The van der Waals surface area contributed by atoms with Crippen LogP contribution in [0.2, 0.25) is 0 Å². The number of ether oxygens (including phenoxy) is 2. The number of esters is 2. The molecule has 0 unspecified atom stereocenters. The summed E-state index contributed by atoms with van der Waals surface area (Å²) in [6, 6.07) is 6.91. The molecule has 0 atom stereocenters. The molecule has 0 aliphatic rings. The van der Waals surface area contributed by atoms with Crippen LogP contribution in [0.4, 0.5) is 0 Å². The molecule has 0 saturated heterocycles. The molecular weight excluding hydrogens is 572 g/mol. The Morgan fingerprint density at radius 2 is 1.47 bits per heavy atom. The molecule has 0 fully saturated rings. The van der Waals surface area contributed by atoms with Gasteiger partial charge in [-0.3, -0.25) is 9.59 Å². The highest BCUT2D eigenvalue weighted by molar-refractivity contribution is 9.11. The minimum absolute atomic E-state index is 0.0878. The van der Waals surface area contributed by atoms with E-state index in [4.69, 9.17) is 4.42 Å². The lowest BCUT2D eigenvalue weighted by atomic mass is 10.1. The number of thiol groups is 1. The average Bonchev–Trinajstić information content (AvgIpc) is 2.75. The van der Waals surface area contributed by atoms with Crippen LogP contribution in [0.15, 0.2) is 53.6 Å². The van der Waals surface area contributed by atoms with Gasteiger partial charge in [0.15, 0.2) is 21.9 Å². The molecule has 0 aliphatic carbocycles. The molecule has 3 aromatic rings. The summed E-state index contributed by atoms with van der Waals surface area (Å²) in [5.41, 5.74) is 0.682. The van der Waals surface area contributed by atoms with Crippen molar-refractivity contribution in [3.63, 3.8) is 0 Å². The number of methoxy groups -OCH3 is 2. The second-order valence-corrected chi connectivity index (χ2v) is 8.33. The van der Waals surface area contributed by atoms with Crippen molar-refractivity contribution in [3.05, 3.63) is 66.2 Å². The molecule has 1 aromatic heterocycles. The number of phenolic OH excluding ortho intramolecular Hbond substituents is 1. The summed E-state index contributed by atoms with van der Waals surface area (Å²) in [6.45, 7) is 1.31. The molecule has 0 amide bonds. The van der Waals surface area contributed by atoms with Gasteiger partial charge in [0.2, 0.25) is 0 Å². The van der Waals surface area contributed by atoms with Gasteiger partial charge in [-0.2, -0.15) is 0 Å². The number of phenols is 1. The standard InChI is InChI=1S/C11H7BrO4S.C10H9BrO4/c1-15-11(14)5-2-6-8(13)4-9(17)16-10(6)7(12)3-5;1-5(12)7-3-6(10(14)15-2)4-8(11)9(7)13/h2-4,17H,1H3;3-4,13H,1-2H3. The quantitative estimate of drug-likeness (QED) is 0.255. The monoisotopic (exact) mass is 586 g/mol. The number of carbonyl (C=O) groups is 3. The van der Waals surface area contributed by atoms with Crippen molar-refractivity contribution in [1.82, 2.24) is 0 Å². The van der Waals surface area contributed by atoms with Crippen molar-refractivity contribution in [2.24, 2.45) is 0 Å². The number of fused-ring (bicyclic) bond motifs is 1. The van der Waals surface area contributed by atoms with Crippen molar-refractivity contribution in [2.75, 3.05) is 14.2 Å². The molecule has 0 bridgehead atoms. The molecule has 0 spiro atoms. The third kappa shape index (κ3) is 5.78. The highest BCUT2D eigenvalue weighted by Crippen LogP contribution is 2.30. The molecule has 1 heterocycles. The largest absolute Gasteiger partial charge is 0.506 e. The fourth-order valence-electron chi connectivity index (χ4n) is 2.54. The summed E-state index contributed by atoms with van der Waals surface area (Å²) in [5.74, 6) is -1.56. The van der Waals surface area contributed by atoms with Gasteiger partial charge in [-0.15, -0.1) is 12.6 Å². The fraction of sp³-hybridized carbons (Fsp3) is 0.143. The lowest BCUT2D eigenvalue weighted by Gasteiger charge is -2.06. The zero-order valence-corrected chi connectivity index (χ0v) is 21.0. The Labute approximate surface area is 204 Å². The number of hydrogen-bond donors (Lipinski definition) is 2. The lowest BCUT2D eigenvalue weighted by Crippen LogP contribution is -2.05. The second kappa shape index (κ2) is 10.8. The maximum atomic E-state index is 11.7. The molecule has 11 heteroatoms. The first kappa shape index (κ1) is 25.6. The molecule has 0 aliphatic heterocycles. The molecule has 0 saturated carbocycles. The summed E-state index contributed by atoms with van der Waals surface area (Å²) in [4.78, 5) is 45.5. The van der Waals surface area contributed by atoms with Crippen molar-refractivity contribution in [2.45, 2.75) is 12.0 Å².